The summed E-state index contributed by atoms with van der Waals surface area (Å²) in [4.78, 5) is 0. The number of hydrogen-bond acceptors (Lipinski definition) is 3. The second kappa shape index (κ2) is 4.34. The molecule has 2 unspecified atom stereocenters. The van der Waals surface area contributed by atoms with Gasteiger partial charge in [-0.25, -0.2) is 0 Å². The minimum Gasteiger partial charge on any atom is -0.471 e. The first-order valence-corrected chi connectivity index (χ1v) is 6.70. The van der Waals surface area contributed by atoms with Crippen molar-refractivity contribution in [3.8, 4) is 11.5 Å². The molecule has 3 nitrogen and oxygen atoms in total. The number of rotatable bonds is 1. The van der Waals surface area contributed by atoms with E-state index in [1.807, 2.05) is 25.2 Å². The molecule has 1 heterocycles. The van der Waals surface area contributed by atoms with Gasteiger partial charge in [0.05, 0.1) is 0 Å². The third-order valence-electron chi connectivity index (χ3n) is 2.85. The van der Waals surface area contributed by atoms with E-state index in [2.05, 4.69) is 46.1 Å². The van der Waals surface area contributed by atoms with Crippen LogP contribution in [-0.4, -0.2) is 17.4 Å². The van der Waals surface area contributed by atoms with Gasteiger partial charge in [0.25, 0.3) is 0 Å². The van der Waals surface area contributed by atoms with Crippen molar-refractivity contribution in [2.24, 2.45) is 0 Å². The first-order chi connectivity index (χ1) is 8.29. The standard InChI is InChI=1S/C13H12INO2/c1-15-13-12(14)16-10-7-6-8-4-2-3-5-9(8)11(10)17-13/h2-7,12-13,15H,1H3. The topological polar surface area (TPSA) is 30.5 Å². The number of alkyl halides is 1. The Morgan fingerprint density at radius 1 is 1.12 bits per heavy atom. The van der Waals surface area contributed by atoms with Crippen LogP contribution in [0.4, 0.5) is 0 Å². The summed E-state index contributed by atoms with van der Waals surface area (Å²) in [6.45, 7) is 0. The Kier molecular flexibility index (Phi) is 2.84. The van der Waals surface area contributed by atoms with Crippen LogP contribution in [0.1, 0.15) is 0 Å². The maximum atomic E-state index is 5.96. The van der Waals surface area contributed by atoms with Crippen LogP contribution in [-0.2, 0) is 0 Å². The normalized spacial score (nSPS) is 22.7. The molecular weight excluding hydrogens is 329 g/mol. The SMILES string of the molecule is CNC1Oc2c(ccc3ccccc23)OC1I. The Balaban J connectivity index is 2.16. The van der Waals surface area contributed by atoms with Gasteiger partial charge in [-0.2, -0.15) is 0 Å². The molecule has 3 rings (SSSR count). The lowest BCUT2D eigenvalue weighted by Gasteiger charge is -2.31. The van der Waals surface area contributed by atoms with Gasteiger partial charge in [-0.05, 0) is 41.1 Å². The van der Waals surface area contributed by atoms with E-state index in [4.69, 9.17) is 9.47 Å². The average molecular weight is 341 g/mol. The second-order valence-electron chi connectivity index (χ2n) is 3.91. The Morgan fingerprint density at radius 3 is 2.76 bits per heavy atom. The number of ether oxygens (including phenoxy) is 2. The van der Waals surface area contributed by atoms with Gasteiger partial charge in [-0.3, -0.25) is 5.32 Å². The van der Waals surface area contributed by atoms with E-state index in [1.165, 1.54) is 0 Å². The Morgan fingerprint density at radius 2 is 1.94 bits per heavy atom. The van der Waals surface area contributed by atoms with Crippen LogP contribution < -0.4 is 14.8 Å². The molecule has 0 spiro atoms. The van der Waals surface area contributed by atoms with Crippen molar-refractivity contribution in [1.82, 2.24) is 5.32 Å². The van der Waals surface area contributed by atoms with Gasteiger partial charge >= 0.3 is 0 Å². The van der Waals surface area contributed by atoms with Gasteiger partial charge in [0.15, 0.2) is 21.8 Å². The number of hydrogen-bond donors (Lipinski definition) is 1. The van der Waals surface area contributed by atoms with Crippen molar-refractivity contribution in [3.63, 3.8) is 0 Å². The van der Waals surface area contributed by atoms with Crippen LogP contribution in [0.3, 0.4) is 0 Å². The Hall–Kier alpha value is -1.01. The molecule has 2 aromatic rings. The van der Waals surface area contributed by atoms with E-state index >= 15 is 0 Å². The summed E-state index contributed by atoms with van der Waals surface area (Å²) < 4.78 is 11.8. The van der Waals surface area contributed by atoms with Crippen LogP contribution in [0, 0.1) is 0 Å². The van der Waals surface area contributed by atoms with Gasteiger partial charge in [-0.15, -0.1) is 0 Å². The van der Waals surface area contributed by atoms with Gasteiger partial charge in [0, 0.05) is 5.39 Å². The Labute approximate surface area is 113 Å². The first-order valence-electron chi connectivity index (χ1n) is 5.46. The van der Waals surface area contributed by atoms with E-state index in [1.54, 1.807) is 0 Å². The van der Waals surface area contributed by atoms with Gasteiger partial charge in [-0.1, -0.05) is 30.3 Å². The fourth-order valence-electron chi connectivity index (χ4n) is 1.99. The summed E-state index contributed by atoms with van der Waals surface area (Å²) in [6, 6.07) is 12.2. The highest BCUT2D eigenvalue weighted by atomic mass is 127. The van der Waals surface area contributed by atoms with Gasteiger partial charge in [0.1, 0.15) is 0 Å². The quantitative estimate of drug-likeness (QED) is 0.639. The van der Waals surface area contributed by atoms with Gasteiger partial charge < -0.3 is 9.47 Å². The summed E-state index contributed by atoms with van der Waals surface area (Å²) in [5.74, 6) is 1.64. The number of nitrogens with one attached hydrogen (secondary N) is 1. The zero-order valence-electron chi connectivity index (χ0n) is 9.31. The molecule has 17 heavy (non-hydrogen) atoms. The Bertz CT molecular complexity index is 558. The van der Waals surface area contributed by atoms with E-state index in [0.29, 0.717) is 0 Å². The second-order valence-corrected chi connectivity index (χ2v) is 5.14. The molecule has 0 bridgehead atoms. The van der Waals surface area contributed by atoms with Crippen molar-refractivity contribution in [2.45, 2.75) is 10.3 Å². The number of likely N-dealkylation sites (N-methyl/N-ethyl adjacent to an activating group) is 1. The highest BCUT2D eigenvalue weighted by Gasteiger charge is 2.29. The molecule has 1 N–H and O–H groups in total. The predicted octanol–water partition coefficient (Wildman–Crippen LogP) is 2.92. The molecular formula is C13H12INO2. The minimum absolute atomic E-state index is 0.0220. The zero-order valence-corrected chi connectivity index (χ0v) is 11.5. The summed E-state index contributed by atoms with van der Waals surface area (Å²) in [7, 11) is 1.87. The highest BCUT2D eigenvalue weighted by molar-refractivity contribution is 14.1. The maximum absolute atomic E-state index is 5.96. The van der Waals surface area contributed by atoms with Crippen molar-refractivity contribution >= 4 is 33.4 Å². The monoisotopic (exact) mass is 341 g/mol. The lowest BCUT2D eigenvalue weighted by molar-refractivity contribution is 0.0636. The molecule has 0 saturated carbocycles. The lowest BCUT2D eigenvalue weighted by atomic mass is 10.1. The number of benzene rings is 2. The van der Waals surface area contributed by atoms with E-state index in [-0.39, 0.29) is 10.3 Å². The molecule has 0 fully saturated rings. The summed E-state index contributed by atoms with van der Waals surface area (Å²) >= 11 is 2.23. The molecule has 0 aromatic heterocycles. The molecule has 2 atom stereocenters. The van der Waals surface area contributed by atoms with Crippen LogP contribution in [0.5, 0.6) is 11.5 Å². The van der Waals surface area contributed by atoms with Crippen molar-refractivity contribution in [2.75, 3.05) is 7.05 Å². The summed E-state index contributed by atoms with van der Waals surface area (Å²) in [5, 5.41) is 5.36. The van der Waals surface area contributed by atoms with Crippen molar-refractivity contribution < 1.29 is 9.47 Å². The van der Waals surface area contributed by atoms with E-state index < -0.39 is 0 Å². The molecule has 1 aliphatic rings. The maximum Gasteiger partial charge on any atom is 0.199 e. The minimum atomic E-state index is -0.117. The van der Waals surface area contributed by atoms with Crippen LogP contribution in [0.2, 0.25) is 0 Å². The third kappa shape index (κ3) is 1.85. The lowest BCUT2D eigenvalue weighted by Crippen LogP contribution is -2.44. The third-order valence-corrected chi connectivity index (χ3v) is 3.76. The average Bonchev–Trinajstić information content (AvgIpc) is 2.37. The molecule has 0 amide bonds. The molecule has 0 radical (unpaired) electrons. The molecule has 2 aromatic carbocycles. The fourth-order valence-corrected chi connectivity index (χ4v) is 2.77. The molecule has 0 aliphatic carbocycles. The molecule has 4 heteroatoms. The molecule has 1 aliphatic heterocycles. The van der Waals surface area contributed by atoms with E-state index in [9.17, 15) is 0 Å². The highest BCUT2D eigenvalue weighted by Crippen LogP contribution is 2.40. The van der Waals surface area contributed by atoms with Crippen LogP contribution >= 0.6 is 22.6 Å². The number of halogens is 1. The van der Waals surface area contributed by atoms with Crippen LogP contribution in [0.15, 0.2) is 36.4 Å². The summed E-state index contributed by atoms with van der Waals surface area (Å²) in [5.41, 5.74) is 0. The fraction of sp³-hybridized carbons (Fsp3) is 0.231. The van der Waals surface area contributed by atoms with Crippen LogP contribution in [0.25, 0.3) is 10.8 Å². The molecule has 88 valence electrons. The summed E-state index contributed by atoms with van der Waals surface area (Å²) in [6.07, 6.45) is -0.117. The van der Waals surface area contributed by atoms with Crippen molar-refractivity contribution in [1.29, 1.82) is 0 Å². The largest absolute Gasteiger partial charge is 0.471 e. The molecule has 0 saturated heterocycles. The van der Waals surface area contributed by atoms with E-state index in [0.717, 1.165) is 22.3 Å². The van der Waals surface area contributed by atoms with Crippen molar-refractivity contribution in [3.05, 3.63) is 36.4 Å². The smallest absolute Gasteiger partial charge is 0.199 e. The first kappa shape index (κ1) is 11.1. The predicted molar refractivity (Wildman–Crippen MR) is 75.9 cm³/mol. The number of fused-ring (bicyclic) bond motifs is 3. The zero-order chi connectivity index (χ0) is 11.8. The van der Waals surface area contributed by atoms with Gasteiger partial charge in [0.2, 0.25) is 0 Å².